The first-order valence-electron chi connectivity index (χ1n) is 6.05. The quantitative estimate of drug-likeness (QED) is 0.226. The summed E-state index contributed by atoms with van der Waals surface area (Å²) in [6, 6.07) is 3.49. The minimum absolute atomic E-state index is 0.238. The Morgan fingerprint density at radius 2 is 1.77 bits per heavy atom. The molecular weight excluding hydrogens is 420 g/mol. The summed E-state index contributed by atoms with van der Waals surface area (Å²) in [6.45, 7) is 3.85. The number of carbonyl (C=O) groups excluding carboxylic acids is 2. The Bertz CT molecular complexity index is 605. The lowest BCUT2D eigenvalue weighted by atomic mass is 10.1. The molecule has 1 rings (SSSR count). The van der Waals surface area contributed by atoms with Gasteiger partial charge in [0.1, 0.15) is 17.9 Å². The molecule has 0 atom stereocenters. The van der Waals surface area contributed by atoms with E-state index in [-0.39, 0.29) is 12.2 Å². The van der Waals surface area contributed by atoms with Gasteiger partial charge in [-0.1, -0.05) is 28.6 Å². The van der Waals surface area contributed by atoms with E-state index in [0.717, 1.165) is 4.47 Å². The predicted octanol–water partition coefficient (Wildman–Crippen LogP) is 3.51. The number of ether oxygens (including phenoxy) is 3. The van der Waals surface area contributed by atoms with E-state index < -0.39 is 11.9 Å². The van der Waals surface area contributed by atoms with E-state index in [1.165, 1.54) is 20.3 Å². The van der Waals surface area contributed by atoms with Crippen LogP contribution >= 0.6 is 31.9 Å². The van der Waals surface area contributed by atoms with E-state index in [9.17, 15) is 9.59 Å². The summed E-state index contributed by atoms with van der Waals surface area (Å²) >= 11 is 6.72. The third-order valence-electron chi connectivity index (χ3n) is 2.49. The lowest BCUT2D eigenvalue weighted by Crippen LogP contribution is -2.15. The summed E-state index contributed by atoms with van der Waals surface area (Å²) < 4.78 is 16.2. The monoisotopic (exact) mass is 432 g/mol. The van der Waals surface area contributed by atoms with E-state index >= 15 is 0 Å². The molecule has 1 aromatic carbocycles. The van der Waals surface area contributed by atoms with Crippen LogP contribution in [0, 0.1) is 0 Å². The van der Waals surface area contributed by atoms with Crippen molar-refractivity contribution >= 4 is 49.9 Å². The second-order valence-corrected chi connectivity index (χ2v) is 5.72. The first-order valence-corrected chi connectivity index (χ1v) is 7.64. The second-order valence-electron chi connectivity index (χ2n) is 3.95. The van der Waals surface area contributed by atoms with E-state index in [2.05, 4.69) is 47.9 Å². The van der Waals surface area contributed by atoms with Gasteiger partial charge in [-0.3, -0.25) is 0 Å². The molecule has 118 valence electrons. The van der Waals surface area contributed by atoms with Gasteiger partial charge in [0.15, 0.2) is 0 Å². The Morgan fingerprint density at radius 1 is 1.18 bits per heavy atom. The molecule has 7 heteroatoms. The van der Waals surface area contributed by atoms with Crippen molar-refractivity contribution in [1.82, 2.24) is 0 Å². The predicted molar refractivity (Wildman–Crippen MR) is 89.5 cm³/mol. The average Bonchev–Trinajstić information content (AvgIpc) is 2.50. The molecule has 0 spiro atoms. The molecule has 0 amide bonds. The van der Waals surface area contributed by atoms with Gasteiger partial charge in [-0.15, -0.1) is 0 Å². The van der Waals surface area contributed by atoms with Crippen molar-refractivity contribution in [3.63, 3.8) is 0 Å². The molecule has 0 aliphatic rings. The number of carbonyl (C=O) groups is 2. The summed E-state index contributed by atoms with van der Waals surface area (Å²) in [5.41, 5.74) is 0.271. The highest BCUT2D eigenvalue weighted by Gasteiger charge is 2.21. The Balaban J connectivity index is 3.43. The third-order valence-corrected chi connectivity index (χ3v) is 3.54. The van der Waals surface area contributed by atoms with E-state index in [1.54, 1.807) is 18.2 Å². The van der Waals surface area contributed by atoms with Crippen molar-refractivity contribution < 1.29 is 23.8 Å². The Morgan fingerprint density at radius 3 is 2.27 bits per heavy atom. The Labute approximate surface area is 145 Å². The molecule has 22 heavy (non-hydrogen) atoms. The van der Waals surface area contributed by atoms with Crippen LogP contribution < -0.4 is 4.74 Å². The van der Waals surface area contributed by atoms with Crippen LogP contribution in [0.3, 0.4) is 0 Å². The van der Waals surface area contributed by atoms with Crippen LogP contribution in [-0.2, 0) is 19.1 Å². The molecular formula is C15H14Br2O5. The van der Waals surface area contributed by atoms with Crippen molar-refractivity contribution in [2.45, 2.75) is 0 Å². The van der Waals surface area contributed by atoms with Crippen LogP contribution in [0.2, 0.25) is 0 Å². The SMILES string of the molecule is C=CCOc1c(Br)cc(Br)cc1C=C(C(=O)OC)C(=O)OC. The van der Waals surface area contributed by atoms with Gasteiger partial charge in [0.05, 0.1) is 18.7 Å². The van der Waals surface area contributed by atoms with Crippen molar-refractivity contribution in [3.8, 4) is 5.75 Å². The molecule has 0 aliphatic carbocycles. The van der Waals surface area contributed by atoms with Crippen molar-refractivity contribution in [2.75, 3.05) is 20.8 Å². The molecule has 0 unspecified atom stereocenters. The van der Waals surface area contributed by atoms with Crippen molar-refractivity contribution in [2.24, 2.45) is 0 Å². The third kappa shape index (κ3) is 4.71. The number of rotatable bonds is 6. The topological polar surface area (TPSA) is 61.8 Å². The molecule has 0 N–H and O–H groups in total. The number of halogens is 2. The van der Waals surface area contributed by atoms with Gasteiger partial charge in [-0.2, -0.15) is 0 Å². The van der Waals surface area contributed by atoms with Gasteiger partial charge in [0, 0.05) is 10.0 Å². The van der Waals surface area contributed by atoms with Crippen LogP contribution in [0.5, 0.6) is 5.75 Å². The highest BCUT2D eigenvalue weighted by Crippen LogP contribution is 2.34. The molecule has 0 aliphatic heterocycles. The maximum atomic E-state index is 11.7. The molecule has 0 aromatic heterocycles. The summed E-state index contributed by atoms with van der Waals surface area (Å²) in [5, 5.41) is 0. The smallest absolute Gasteiger partial charge is 0.345 e. The van der Waals surface area contributed by atoms with Gasteiger partial charge in [-0.25, -0.2) is 9.59 Å². The summed E-state index contributed by atoms with van der Waals surface area (Å²) in [7, 11) is 2.37. The van der Waals surface area contributed by atoms with Crippen LogP contribution in [-0.4, -0.2) is 32.8 Å². The van der Waals surface area contributed by atoms with Crippen molar-refractivity contribution in [1.29, 1.82) is 0 Å². The van der Waals surface area contributed by atoms with Gasteiger partial charge in [-0.05, 0) is 34.1 Å². The zero-order chi connectivity index (χ0) is 16.7. The molecule has 0 fully saturated rings. The molecule has 0 bridgehead atoms. The zero-order valence-corrected chi connectivity index (χ0v) is 15.2. The second kappa shape index (κ2) is 8.75. The lowest BCUT2D eigenvalue weighted by Gasteiger charge is -2.12. The maximum Gasteiger partial charge on any atom is 0.345 e. The van der Waals surface area contributed by atoms with Crippen LogP contribution in [0.4, 0.5) is 0 Å². The molecule has 5 nitrogen and oxygen atoms in total. The minimum Gasteiger partial charge on any atom is -0.488 e. The van der Waals surface area contributed by atoms with Gasteiger partial charge in [0.2, 0.25) is 0 Å². The van der Waals surface area contributed by atoms with E-state index in [4.69, 9.17) is 4.74 Å². The fourth-order valence-electron chi connectivity index (χ4n) is 1.56. The molecule has 0 heterocycles. The van der Waals surface area contributed by atoms with Gasteiger partial charge in [0.25, 0.3) is 0 Å². The number of esters is 2. The number of hydrogen-bond acceptors (Lipinski definition) is 5. The standard InChI is InChI=1S/C15H14Br2O5/c1-4-5-22-13-9(6-10(16)8-12(13)17)7-11(14(18)20-2)15(19)21-3/h4,6-8H,1,5H2,2-3H3. The average molecular weight is 434 g/mol. The molecule has 0 saturated heterocycles. The summed E-state index contributed by atoms with van der Waals surface area (Å²) in [6.07, 6.45) is 2.94. The summed E-state index contributed by atoms with van der Waals surface area (Å²) in [4.78, 5) is 23.5. The van der Waals surface area contributed by atoms with Crippen LogP contribution in [0.15, 0.2) is 39.3 Å². The van der Waals surface area contributed by atoms with Crippen LogP contribution in [0.1, 0.15) is 5.56 Å². The highest BCUT2D eigenvalue weighted by atomic mass is 79.9. The molecule has 1 aromatic rings. The van der Waals surface area contributed by atoms with E-state index in [0.29, 0.717) is 15.8 Å². The largest absolute Gasteiger partial charge is 0.488 e. The number of benzene rings is 1. The zero-order valence-electron chi connectivity index (χ0n) is 12.0. The van der Waals surface area contributed by atoms with Gasteiger partial charge < -0.3 is 14.2 Å². The molecule has 0 radical (unpaired) electrons. The number of methoxy groups -OCH3 is 2. The lowest BCUT2D eigenvalue weighted by molar-refractivity contribution is -0.143. The fraction of sp³-hybridized carbons (Fsp3) is 0.200. The summed E-state index contributed by atoms with van der Waals surface area (Å²) in [5.74, 6) is -1.12. The maximum absolute atomic E-state index is 11.7. The van der Waals surface area contributed by atoms with Crippen molar-refractivity contribution in [3.05, 3.63) is 44.9 Å². The first-order chi connectivity index (χ1) is 10.4. The highest BCUT2D eigenvalue weighted by molar-refractivity contribution is 9.11. The molecule has 0 saturated carbocycles. The van der Waals surface area contributed by atoms with Gasteiger partial charge >= 0.3 is 11.9 Å². The number of hydrogen-bond donors (Lipinski definition) is 0. The van der Waals surface area contributed by atoms with E-state index in [1.807, 2.05) is 0 Å². The normalized spacial score (nSPS) is 9.64. The fourth-order valence-corrected chi connectivity index (χ4v) is 2.93. The first kappa shape index (κ1) is 18.4. The minimum atomic E-state index is -0.794. The Kier molecular flexibility index (Phi) is 7.34. The Hall–Kier alpha value is -1.60. The van der Waals surface area contributed by atoms with Crippen LogP contribution in [0.25, 0.3) is 6.08 Å².